The lowest BCUT2D eigenvalue weighted by atomic mass is 9.49. The van der Waals surface area contributed by atoms with Crippen LogP contribution in [0.1, 0.15) is 53.9 Å². The van der Waals surface area contributed by atoms with Crippen LogP contribution in [-0.2, 0) is 9.59 Å². The summed E-state index contributed by atoms with van der Waals surface area (Å²) in [5.74, 6) is -1.48. The van der Waals surface area contributed by atoms with Crippen molar-refractivity contribution >= 4 is 11.6 Å². The third-order valence-electron chi connectivity index (χ3n) is 6.13. The fourth-order valence-electron chi connectivity index (χ4n) is 5.25. The molecule has 1 unspecified atom stereocenters. The van der Waals surface area contributed by atoms with E-state index in [1.165, 1.54) is 6.08 Å². The SMILES string of the molecule is CC(C)C1=C(O)C2=CC(=O)C3C(C)(C)CCC[C@]3(C)C2=C(O)C1=O. The molecule has 3 rings (SSSR count). The lowest BCUT2D eigenvalue weighted by molar-refractivity contribution is -0.130. The largest absolute Gasteiger partial charge is 0.507 e. The van der Waals surface area contributed by atoms with Crippen molar-refractivity contribution in [1.29, 1.82) is 0 Å². The summed E-state index contributed by atoms with van der Waals surface area (Å²) in [5.41, 5.74) is 0.163. The number of rotatable bonds is 1. The summed E-state index contributed by atoms with van der Waals surface area (Å²) >= 11 is 0. The molecule has 0 aliphatic heterocycles. The zero-order chi connectivity index (χ0) is 18.0. The maximum Gasteiger partial charge on any atom is 0.227 e. The van der Waals surface area contributed by atoms with E-state index >= 15 is 0 Å². The van der Waals surface area contributed by atoms with Crippen molar-refractivity contribution < 1.29 is 19.8 Å². The number of carbonyl (C=O) groups is 2. The second kappa shape index (κ2) is 5.08. The van der Waals surface area contributed by atoms with E-state index < -0.39 is 11.2 Å². The van der Waals surface area contributed by atoms with Gasteiger partial charge in [-0.15, -0.1) is 0 Å². The predicted molar refractivity (Wildman–Crippen MR) is 91.5 cm³/mol. The molecule has 1 fully saturated rings. The Morgan fingerprint density at radius 2 is 1.71 bits per heavy atom. The number of aliphatic hydroxyl groups excluding tert-OH is 2. The Labute approximate surface area is 142 Å². The third kappa shape index (κ3) is 2.04. The molecule has 0 radical (unpaired) electrons. The van der Waals surface area contributed by atoms with Crippen LogP contribution in [-0.4, -0.2) is 21.8 Å². The molecular weight excluding hydrogens is 304 g/mol. The van der Waals surface area contributed by atoms with E-state index in [0.29, 0.717) is 11.1 Å². The molecule has 2 atom stereocenters. The lowest BCUT2D eigenvalue weighted by Gasteiger charge is -2.53. The van der Waals surface area contributed by atoms with E-state index in [-0.39, 0.29) is 40.1 Å². The molecule has 1 saturated carbocycles. The molecule has 4 nitrogen and oxygen atoms in total. The highest BCUT2D eigenvalue weighted by Gasteiger charge is 2.57. The second-order valence-corrected chi connectivity index (χ2v) is 8.62. The number of carbonyl (C=O) groups excluding carboxylic acids is 2. The summed E-state index contributed by atoms with van der Waals surface area (Å²) in [4.78, 5) is 25.6. The molecule has 0 aromatic carbocycles. The molecule has 0 spiro atoms. The Morgan fingerprint density at radius 3 is 2.29 bits per heavy atom. The van der Waals surface area contributed by atoms with E-state index in [1.54, 1.807) is 13.8 Å². The number of fused-ring (bicyclic) bond motifs is 3. The van der Waals surface area contributed by atoms with Crippen LogP contribution in [0.2, 0.25) is 0 Å². The molecule has 3 aliphatic carbocycles. The molecule has 3 aliphatic rings. The smallest absolute Gasteiger partial charge is 0.227 e. The Kier molecular flexibility index (Phi) is 3.60. The van der Waals surface area contributed by atoms with Gasteiger partial charge in [0, 0.05) is 28.1 Å². The maximum absolute atomic E-state index is 12.9. The first kappa shape index (κ1) is 17.0. The van der Waals surface area contributed by atoms with Crippen molar-refractivity contribution in [3.05, 3.63) is 34.3 Å². The summed E-state index contributed by atoms with van der Waals surface area (Å²) < 4.78 is 0. The second-order valence-electron chi connectivity index (χ2n) is 8.62. The van der Waals surface area contributed by atoms with Gasteiger partial charge in [0.25, 0.3) is 0 Å². The average molecular weight is 330 g/mol. The van der Waals surface area contributed by atoms with E-state index in [4.69, 9.17) is 0 Å². The number of ketones is 2. The molecule has 0 bridgehead atoms. The number of allylic oxidation sites excluding steroid dienone is 3. The molecule has 4 heteroatoms. The quantitative estimate of drug-likeness (QED) is 0.756. The monoisotopic (exact) mass is 330 g/mol. The normalized spacial score (nSPS) is 32.8. The summed E-state index contributed by atoms with van der Waals surface area (Å²) in [6.45, 7) is 9.69. The van der Waals surface area contributed by atoms with Gasteiger partial charge in [-0.3, -0.25) is 9.59 Å². The number of hydrogen-bond acceptors (Lipinski definition) is 4. The fraction of sp³-hybridized carbons (Fsp3) is 0.600. The van der Waals surface area contributed by atoms with Crippen LogP contribution in [0.4, 0.5) is 0 Å². The van der Waals surface area contributed by atoms with E-state index in [2.05, 4.69) is 13.8 Å². The number of aliphatic hydroxyl groups is 2. The first-order chi connectivity index (χ1) is 11.0. The van der Waals surface area contributed by atoms with Crippen LogP contribution < -0.4 is 0 Å². The zero-order valence-corrected chi connectivity index (χ0v) is 15.1. The molecule has 24 heavy (non-hydrogen) atoms. The highest BCUT2D eigenvalue weighted by atomic mass is 16.3. The first-order valence-electron chi connectivity index (χ1n) is 8.70. The molecular formula is C20H26O4. The van der Waals surface area contributed by atoms with Gasteiger partial charge in [0.2, 0.25) is 5.78 Å². The summed E-state index contributed by atoms with van der Waals surface area (Å²) in [6, 6.07) is 0. The molecule has 2 N–H and O–H groups in total. The standard InChI is InChI=1S/C20H26O4/c1-10(2)13-15(22)11-9-12(21)18-19(3,4)7-6-8-20(18,5)14(11)17(24)16(13)23/h9-10,18,22,24H,6-8H2,1-5H3/t18?,20-/m1/s1. The zero-order valence-electron chi connectivity index (χ0n) is 15.1. The average Bonchev–Trinajstić information content (AvgIpc) is 2.42. The number of Topliss-reactive ketones (excluding diaryl/α,β-unsaturated/α-hetero) is 1. The van der Waals surface area contributed by atoms with Crippen LogP contribution in [0, 0.1) is 22.7 Å². The van der Waals surface area contributed by atoms with Gasteiger partial charge in [0.15, 0.2) is 11.5 Å². The van der Waals surface area contributed by atoms with Crippen molar-refractivity contribution in [2.75, 3.05) is 0 Å². The van der Waals surface area contributed by atoms with Crippen molar-refractivity contribution in [1.82, 2.24) is 0 Å². The topological polar surface area (TPSA) is 74.6 Å². The van der Waals surface area contributed by atoms with Crippen LogP contribution in [0.25, 0.3) is 0 Å². The third-order valence-corrected chi connectivity index (χ3v) is 6.13. The highest BCUT2D eigenvalue weighted by Crippen LogP contribution is 2.60. The van der Waals surface area contributed by atoms with Gasteiger partial charge in [-0.2, -0.15) is 0 Å². The van der Waals surface area contributed by atoms with E-state index in [9.17, 15) is 19.8 Å². The van der Waals surface area contributed by atoms with Gasteiger partial charge in [-0.1, -0.05) is 41.0 Å². The lowest BCUT2D eigenvalue weighted by Crippen LogP contribution is -2.51. The van der Waals surface area contributed by atoms with Gasteiger partial charge in [-0.05, 0) is 30.3 Å². The molecule has 130 valence electrons. The van der Waals surface area contributed by atoms with Crippen molar-refractivity contribution in [2.45, 2.75) is 53.9 Å². The van der Waals surface area contributed by atoms with Crippen LogP contribution in [0.3, 0.4) is 0 Å². The van der Waals surface area contributed by atoms with E-state index in [0.717, 1.165) is 19.3 Å². The van der Waals surface area contributed by atoms with Crippen LogP contribution >= 0.6 is 0 Å². The highest BCUT2D eigenvalue weighted by molar-refractivity contribution is 6.12. The summed E-state index contributed by atoms with van der Waals surface area (Å²) in [7, 11) is 0. The van der Waals surface area contributed by atoms with Crippen LogP contribution in [0.5, 0.6) is 0 Å². The summed E-state index contributed by atoms with van der Waals surface area (Å²) in [5, 5.41) is 21.4. The Morgan fingerprint density at radius 1 is 1.08 bits per heavy atom. The number of hydrogen-bond donors (Lipinski definition) is 2. The minimum Gasteiger partial charge on any atom is -0.507 e. The van der Waals surface area contributed by atoms with Crippen molar-refractivity contribution in [3.8, 4) is 0 Å². The van der Waals surface area contributed by atoms with Gasteiger partial charge < -0.3 is 10.2 Å². The first-order valence-corrected chi connectivity index (χ1v) is 8.70. The predicted octanol–water partition coefficient (Wildman–Crippen LogP) is 4.19. The summed E-state index contributed by atoms with van der Waals surface area (Å²) in [6.07, 6.45) is 4.02. The maximum atomic E-state index is 12.9. The van der Waals surface area contributed by atoms with Gasteiger partial charge in [0.05, 0.1) is 0 Å². The Bertz CT molecular complexity index is 733. The Hall–Kier alpha value is -1.84. The van der Waals surface area contributed by atoms with Gasteiger partial charge in [-0.25, -0.2) is 0 Å². The van der Waals surface area contributed by atoms with Gasteiger partial charge in [0.1, 0.15) is 5.76 Å². The molecule has 0 saturated heterocycles. The molecule has 0 aromatic heterocycles. The fourth-order valence-corrected chi connectivity index (χ4v) is 5.25. The van der Waals surface area contributed by atoms with Crippen molar-refractivity contribution in [3.63, 3.8) is 0 Å². The Balaban J connectivity index is 2.30. The van der Waals surface area contributed by atoms with Gasteiger partial charge >= 0.3 is 0 Å². The minimum absolute atomic E-state index is 0.0160. The molecule has 0 amide bonds. The van der Waals surface area contributed by atoms with E-state index in [1.807, 2.05) is 6.92 Å². The van der Waals surface area contributed by atoms with Crippen molar-refractivity contribution in [2.24, 2.45) is 22.7 Å². The molecule has 0 aromatic rings. The van der Waals surface area contributed by atoms with Crippen LogP contribution in [0.15, 0.2) is 34.3 Å². The minimum atomic E-state index is -0.626. The molecule has 0 heterocycles.